The third-order valence-corrected chi connectivity index (χ3v) is 6.19. The molecule has 0 unspecified atom stereocenters. The first-order chi connectivity index (χ1) is 15.3. The van der Waals surface area contributed by atoms with Crippen LogP contribution in [0.4, 0.5) is 5.69 Å². The number of thiazole rings is 1. The molecule has 2 aromatic carbocycles. The molecule has 1 N–H and O–H groups in total. The van der Waals surface area contributed by atoms with E-state index < -0.39 is 0 Å². The number of hydrogen-bond donors (Lipinski definition) is 1. The SMILES string of the molecule is CC(=O)c1ccc(NC(=O)Cc2c(C)nn(-c3nc(-c4ccc(C)cc4)cs3)c2C)cc1. The summed E-state index contributed by atoms with van der Waals surface area (Å²) in [4.78, 5) is 28.8. The predicted molar refractivity (Wildman–Crippen MR) is 128 cm³/mol. The van der Waals surface area contributed by atoms with E-state index in [4.69, 9.17) is 4.98 Å². The van der Waals surface area contributed by atoms with E-state index in [2.05, 4.69) is 41.6 Å². The highest BCUT2D eigenvalue weighted by Crippen LogP contribution is 2.26. The van der Waals surface area contributed by atoms with Gasteiger partial charge in [0, 0.05) is 33.5 Å². The van der Waals surface area contributed by atoms with Crippen LogP contribution in [0.25, 0.3) is 16.4 Å². The van der Waals surface area contributed by atoms with Gasteiger partial charge < -0.3 is 5.32 Å². The molecule has 0 saturated heterocycles. The highest BCUT2D eigenvalue weighted by molar-refractivity contribution is 7.12. The number of aromatic nitrogens is 3. The van der Waals surface area contributed by atoms with Gasteiger partial charge in [-0.2, -0.15) is 5.10 Å². The maximum absolute atomic E-state index is 12.6. The van der Waals surface area contributed by atoms with Crippen molar-refractivity contribution in [3.05, 3.63) is 82.0 Å². The number of rotatable bonds is 6. The van der Waals surface area contributed by atoms with Crippen molar-refractivity contribution in [1.82, 2.24) is 14.8 Å². The summed E-state index contributed by atoms with van der Waals surface area (Å²) in [7, 11) is 0. The quantitative estimate of drug-likeness (QED) is 0.409. The van der Waals surface area contributed by atoms with E-state index in [1.807, 2.05) is 23.9 Å². The number of Topliss-reactive ketones (excluding diaryl/α,β-unsaturated/α-hetero) is 1. The third-order valence-electron chi connectivity index (χ3n) is 5.37. The predicted octanol–water partition coefficient (Wildman–Crippen LogP) is 5.30. The number of aryl methyl sites for hydroxylation is 2. The number of anilines is 1. The molecule has 1 amide bonds. The van der Waals surface area contributed by atoms with Crippen LogP contribution in [0.1, 0.15) is 39.8 Å². The number of benzene rings is 2. The lowest BCUT2D eigenvalue weighted by atomic mass is 10.1. The number of amides is 1. The van der Waals surface area contributed by atoms with Crippen molar-refractivity contribution < 1.29 is 9.59 Å². The lowest BCUT2D eigenvalue weighted by Crippen LogP contribution is -2.15. The Morgan fingerprint density at radius 3 is 2.34 bits per heavy atom. The van der Waals surface area contributed by atoms with Gasteiger partial charge in [-0.3, -0.25) is 9.59 Å². The highest BCUT2D eigenvalue weighted by Gasteiger charge is 2.18. The first-order valence-corrected chi connectivity index (χ1v) is 11.2. The summed E-state index contributed by atoms with van der Waals surface area (Å²) < 4.78 is 1.81. The highest BCUT2D eigenvalue weighted by atomic mass is 32.1. The Balaban J connectivity index is 1.51. The molecule has 7 heteroatoms. The molecule has 2 heterocycles. The van der Waals surface area contributed by atoms with E-state index in [0.717, 1.165) is 33.3 Å². The van der Waals surface area contributed by atoms with Crippen LogP contribution < -0.4 is 5.32 Å². The zero-order valence-corrected chi connectivity index (χ0v) is 19.3. The van der Waals surface area contributed by atoms with Crippen LogP contribution in [0.15, 0.2) is 53.9 Å². The minimum absolute atomic E-state index is 0.00531. The van der Waals surface area contributed by atoms with Crippen LogP contribution in [0.2, 0.25) is 0 Å². The second-order valence-corrected chi connectivity index (χ2v) is 8.64. The van der Waals surface area contributed by atoms with Crippen molar-refractivity contribution in [3.8, 4) is 16.4 Å². The van der Waals surface area contributed by atoms with Crippen molar-refractivity contribution in [3.63, 3.8) is 0 Å². The van der Waals surface area contributed by atoms with Gasteiger partial charge in [-0.1, -0.05) is 29.8 Å². The second-order valence-electron chi connectivity index (χ2n) is 7.80. The molecule has 0 fully saturated rings. The molecule has 0 aliphatic heterocycles. The summed E-state index contributed by atoms with van der Waals surface area (Å²) in [5.41, 5.74) is 7.04. The average molecular weight is 445 g/mol. The first-order valence-electron chi connectivity index (χ1n) is 10.3. The molecule has 6 nitrogen and oxygen atoms in total. The van der Waals surface area contributed by atoms with Gasteiger partial charge in [0.15, 0.2) is 5.78 Å². The number of ketones is 1. The van der Waals surface area contributed by atoms with Gasteiger partial charge in [-0.05, 0) is 52.0 Å². The van der Waals surface area contributed by atoms with E-state index in [9.17, 15) is 9.59 Å². The molecule has 32 heavy (non-hydrogen) atoms. The minimum atomic E-state index is -0.134. The largest absolute Gasteiger partial charge is 0.326 e. The van der Waals surface area contributed by atoms with Crippen molar-refractivity contribution in [2.45, 2.75) is 34.1 Å². The summed E-state index contributed by atoms with van der Waals surface area (Å²) in [6.07, 6.45) is 0.211. The summed E-state index contributed by atoms with van der Waals surface area (Å²) in [5, 5.41) is 10.3. The van der Waals surface area contributed by atoms with Crippen molar-refractivity contribution >= 4 is 28.7 Å². The summed E-state index contributed by atoms with van der Waals surface area (Å²) in [5.74, 6) is -0.139. The smallest absolute Gasteiger partial charge is 0.228 e. The molecule has 0 atom stereocenters. The fourth-order valence-corrected chi connectivity index (χ4v) is 4.32. The normalized spacial score (nSPS) is 10.9. The van der Waals surface area contributed by atoms with Gasteiger partial charge in [-0.15, -0.1) is 11.3 Å². The maximum atomic E-state index is 12.6. The minimum Gasteiger partial charge on any atom is -0.326 e. The number of carbonyl (C=O) groups excluding carboxylic acids is 2. The van der Waals surface area contributed by atoms with Crippen LogP contribution in [-0.2, 0) is 11.2 Å². The van der Waals surface area contributed by atoms with Crippen molar-refractivity contribution in [2.75, 3.05) is 5.32 Å². The van der Waals surface area contributed by atoms with Gasteiger partial charge in [0.05, 0.1) is 17.8 Å². The Kier molecular flexibility index (Phi) is 6.01. The molecular weight excluding hydrogens is 420 g/mol. The average Bonchev–Trinajstić information content (AvgIpc) is 3.35. The van der Waals surface area contributed by atoms with Gasteiger partial charge >= 0.3 is 0 Å². The number of carbonyl (C=O) groups is 2. The number of hydrogen-bond acceptors (Lipinski definition) is 5. The van der Waals surface area contributed by atoms with Crippen LogP contribution >= 0.6 is 11.3 Å². The lowest BCUT2D eigenvalue weighted by molar-refractivity contribution is -0.115. The van der Waals surface area contributed by atoms with Gasteiger partial charge in [0.2, 0.25) is 11.0 Å². The molecule has 162 valence electrons. The molecule has 0 spiro atoms. The fraction of sp³-hybridized carbons (Fsp3) is 0.200. The fourth-order valence-electron chi connectivity index (χ4n) is 3.49. The Morgan fingerprint density at radius 2 is 1.69 bits per heavy atom. The molecule has 0 bridgehead atoms. The molecule has 4 rings (SSSR count). The monoisotopic (exact) mass is 444 g/mol. The van der Waals surface area contributed by atoms with E-state index in [0.29, 0.717) is 11.3 Å². The molecule has 0 aliphatic rings. The molecular formula is C25H24N4O2S. The van der Waals surface area contributed by atoms with Crippen LogP contribution in [0.3, 0.4) is 0 Å². The third kappa shape index (κ3) is 4.53. The van der Waals surface area contributed by atoms with E-state index >= 15 is 0 Å². The Bertz CT molecular complexity index is 1280. The van der Waals surface area contributed by atoms with Crippen molar-refractivity contribution in [1.29, 1.82) is 0 Å². The van der Waals surface area contributed by atoms with E-state index in [1.54, 1.807) is 24.3 Å². The zero-order valence-electron chi connectivity index (χ0n) is 18.5. The van der Waals surface area contributed by atoms with E-state index in [1.165, 1.54) is 23.8 Å². The number of nitrogens with zero attached hydrogens (tertiary/aromatic N) is 3. The van der Waals surface area contributed by atoms with Crippen molar-refractivity contribution in [2.24, 2.45) is 0 Å². The Labute approximate surface area is 190 Å². The second kappa shape index (κ2) is 8.88. The summed E-state index contributed by atoms with van der Waals surface area (Å²) in [6.45, 7) is 7.44. The molecule has 0 radical (unpaired) electrons. The molecule has 0 saturated carbocycles. The zero-order chi connectivity index (χ0) is 22.8. The molecule has 2 aromatic heterocycles. The Hall–Kier alpha value is -3.58. The van der Waals surface area contributed by atoms with Gasteiger partial charge in [0.1, 0.15) is 0 Å². The lowest BCUT2D eigenvalue weighted by Gasteiger charge is -2.06. The molecule has 0 aliphatic carbocycles. The molecule has 4 aromatic rings. The standard InChI is InChI=1S/C25H24N4O2S/c1-15-5-7-20(8-6-15)23-14-32-25(27-23)29-17(3)22(16(2)28-29)13-24(31)26-21-11-9-19(10-12-21)18(4)30/h5-12,14H,13H2,1-4H3,(H,26,31). The summed E-state index contributed by atoms with van der Waals surface area (Å²) in [6, 6.07) is 15.2. The van der Waals surface area contributed by atoms with Crippen LogP contribution in [0.5, 0.6) is 0 Å². The van der Waals surface area contributed by atoms with Gasteiger partial charge in [0.25, 0.3) is 0 Å². The number of nitrogens with one attached hydrogen (secondary N) is 1. The van der Waals surface area contributed by atoms with Crippen LogP contribution in [0, 0.1) is 20.8 Å². The Morgan fingerprint density at radius 1 is 1.00 bits per heavy atom. The first kappa shape index (κ1) is 21.6. The van der Waals surface area contributed by atoms with Gasteiger partial charge in [-0.25, -0.2) is 9.67 Å². The maximum Gasteiger partial charge on any atom is 0.228 e. The summed E-state index contributed by atoms with van der Waals surface area (Å²) >= 11 is 1.52. The topological polar surface area (TPSA) is 76.9 Å². The van der Waals surface area contributed by atoms with Crippen LogP contribution in [-0.4, -0.2) is 26.5 Å². The van der Waals surface area contributed by atoms with E-state index in [-0.39, 0.29) is 18.1 Å².